The molecule has 1 amide bonds. The Morgan fingerprint density at radius 2 is 0.653 bits per heavy atom. The van der Waals surface area contributed by atoms with E-state index in [-0.39, 0.29) is 18.5 Å². The summed E-state index contributed by atoms with van der Waals surface area (Å²) in [5.41, 5.74) is 0. The summed E-state index contributed by atoms with van der Waals surface area (Å²) in [4.78, 5) is 24.6. The van der Waals surface area contributed by atoms with E-state index >= 15 is 0 Å². The molecule has 0 saturated heterocycles. The highest BCUT2D eigenvalue weighted by atomic mass is 16.5. The van der Waals surface area contributed by atoms with Gasteiger partial charge in [-0.1, -0.05) is 321 Å². The highest BCUT2D eigenvalue weighted by Crippen LogP contribution is 2.19. The summed E-state index contributed by atoms with van der Waals surface area (Å²) in [5.74, 6) is -0.0210. The molecule has 0 radical (unpaired) electrons. The second-order valence-electron chi connectivity index (χ2n) is 22.8. The van der Waals surface area contributed by atoms with Gasteiger partial charge in [-0.15, -0.1) is 0 Å². The van der Waals surface area contributed by atoms with E-state index in [0.717, 1.165) is 44.9 Å². The van der Waals surface area contributed by atoms with Crippen LogP contribution in [0.5, 0.6) is 0 Å². The van der Waals surface area contributed by atoms with Crippen molar-refractivity contribution >= 4 is 11.9 Å². The maximum Gasteiger partial charge on any atom is 0.305 e. The molecule has 0 fully saturated rings. The van der Waals surface area contributed by atoms with Crippen molar-refractivity contribution < 1.29 is 24.5 Å². The number of aliphatic hydroxyl groups excluding tert-OH is 2. The number of aliphatic hydroxyl groups is 2. The summed E-state index contributed by atoms with van der Waals surface area (Å²) >= 11 is 0. The first-order valence-corrected chi connectivity index (χ1v) is 32.9. The van der Waals surface area contributed by atoms with Gasteiger partial charge >= 0.3 is 5.97 Å². The minimum atomic E-state index is -0.664. The Hall–Kier alpha value is -1.40. The van der Waals surface area contributed by atoms with Crippen LogP contribution in [0.25, 0.3) is 0 Å². The molecule has 0 aromatic rings. The van der Waals surface area contributed by atoms with Gasteiger partial charge in [-0.2, -0.15) is 0 Å². The van der Waals surface area contributed by atoms with E-state index in [1.54, 1.807) is 0 Å². The first kappa shape index (κ1) is 70.6. The second kappa shape index (κ2) is 62.1. The lowest BCUT2D eigenvalue weighted by molar-refractivity contribution is -0.143. The molecule has 6 heteroatoms. The van der Waals surface area contributed by atoms with Gasteiger partial charge in [-0.25, -0.2) is 0 Å². The number of unbranched alkanes of at least 4 members (excludes halogenated alkanes) is 49. The highest BCUT2D eigenvalue weighted by molar-refractivity contribution is 5.76. The van der Waals surface area contributed by atoms with E-state index in [1.165, 1.54) is 295 Å². The molecule has 0 saturated carbocycles. The zero-order valence-corrected chi connectivity index (χ0v) is 48.9. The summed E-state index contributed by atoms with van der Waals surface area (Å²) < 4.78 is 5.50. The van der Waals surface area contributed by atoms with Gasteiger partial charge in [0.25, 0.3) is 0 Å². The summed E-state index contributed by atoms with van der Waals surface area (Å²) in [5, 5.41) is 23.3. The van der Waals surface area contributed by atoms with Gasteiger partial charge < -0.3 is 20.3 Å². The summed E-state index contributed by atoms with van der Waals surface area (Å²) in [7, 11) is 0. The number of allylic oxidation sites excluding steroid dienone is 2. The van der Waals surface area contributed by atoms with Crippen LogP contribution in [-0.4, -0.2) is 47.4 Å². The lowest BCUT2D eigenvalue weighted by Gasteiger charge is -2.22. The Morgan fingerprint density at radius 3 is 0.986 bits per heavy atom. The van der Waals surface area contributed by atoms with E-state index < -0.39 is 12.1 Å². The van der Waals surface area contributed by atoms with E-state index in [1.807, 2.05) is 0 Å². The van der Waals surface area contributed by atoms with Crippen molar-refractivity contribution in [1.82, 2.24) is 5.32 Å². The van der Waals surface area contributed by atoms with Gasteiger partial charge in [0.2, 0.25) is 5.91 Å². The first-order chi connectivity index (χ1) is 35.5. The van der Waals surface area contributed by atoms with Gasteiger partial charge in [-0.05, 0) is 51.4 Å². The summed E-state index contributed by atoms with van der Waals surface area (Å²) in [6.07, 6.45) is 75.2. The van der Waals surface area contributed by atoms with Crippen molar-refractivity contribution in [2.24, 2.45) is 0 Å². The Bertz CT molecular complexity index is 1080. The topological polar surface area (TPSA) is 95.9 Å². The Kier molecular flexibility index (Phi) is 60.9. The van der Waals surface area contributed by atoms with Crippen LogP contribution in [0.3, 0.4) is 0 Å². The minimum absolute atomic E-state index is 0.0109. The smallest absolute Gasteiger partial charge is 0.305 e. The Morgan fingerprint density at radius 1 is 0.375 bits per heavy atom. The van der Waals surface area contributed by atoms with Crippen LogP contribution < -0.4 is 5.32 Å². The fraction of sp³-hybridized carbons (Fsp3) is 0.939. The fourth-order valence-electron chi connectivity index (χ4n) is 10.5. The molecular formula is C66H129NO5. The number of amides is 1. The average Bonchev–Trinajstić information content (AvgIpc) is 3.38. The molecule has 0 aromatic heterocycles. The van der Waals surface area contributed by atoms with E-state index in [4.69, 9.17) is 4.74 Å². The number of carbonyl (C=O) groups is 2. The van der Waals surface area contributed by atoms with Crippen molar-refractivity contribution in [3.63, 3.8) is 0 Å². The number of nitrogens with one attached hydrogen (secondary N) is 1. The largest absolute Gasteiger partial charge is 0.466 e. The number of ether oxygens (including phenoxy) is 1. The Balaban J connectivity index is 3.36. The van der Waals surface area contributed by atoms with Crippen LogP contribution in [0.4, 0.5) is 0 Å². The molecule has 0 spiro atoms. The zero-order chi connectivity index (χ0) is 52.2. The average molecular weight is 1020 g/mol. The number of esters is 1. The summed E-state index contributed by atoms with van der Waals surface area (Å²) in [6, 6.07) is -0.541. The quantitative estimate of drug-likeness (QED) is 0.0320. The maximum absolute atomic E-state index is 12.5. The zero-order valence-electron chi connectivity index (χ0n) is 48.9. The van der Waals surface area contributed by atoms with Crippen LogP contribution in [0.2, 0.25) is 0 Å². The molecule has 2 unspecified atom stereocenters. The molecule has 428 valence electrons. The van der Waals surface area contributed by atoms with Gasteiger partial charge in [0, 0.05) is 12.8 Å². The molecule has 72 heavy (non-hydrogen) atoms. The molecule has 6 nitrogen and oxygen atoms in total. The van der Waals surface area contributed by atoms with Crippen LogP contribution >= 0.6 is 0 Å². The van der Waals surface area contributed by atoms with Crippen molar-refractivity contribution in [2.45, 2.75) is 386 Å². The van der Waals surface area contributed by atoms with Crippen molar-refractivity contribution in [1.29, 1.82) is 0 Å². The van der Waals surface area contributed by atoms with Crippen LogP contribution in [0.1, 0.15) is 373 Å². The lowest BCUT2D eigenvalue weighted by atomic mass is 10.0. The van der Waals surface area contributed by atoms with Crippen LogP contribution in [0, 0.1) is 0 Å². The van der Waals surface area contributed by atoms with Gasteiger partial charge in [0.05, 0.1) is 25.4 Å². The molecule has 0 aliphatic carbocycles. The predicted molar refractivity (Wildman–Crippen MR) is 315 cm³/mol. The molecular weight excluding hydrogens is 887 g/mol. The highest BCUT2D eigenvalue weighted by Gasteiger charge is 2.20. The lowest BCUT2D eigenvalue weighted by Crippen LogP contribution is -2.45. The van der Waals surface area contributed by atoms with Crippen LogP contribution in [-0.2, 0) is 14.3 Å². The molecule has 0 heterocycles. The molecule has 0 bridgehead atoms. The van der Waals surface area contributed by atoms with Crippen molar-refractivity contribution in [3.8, 4) is 0 Å². The van der Waals surface area contributed by atoms with Gasteiger partial charge in [-0.3, -0.25) is 9.59 Å². The molecule has 2 atom stereocenters. The third kappa shape index (κ3) is 57.9. The molecule has 0 aromatic carbocycles. The first-order valence-electron chi connectivity index (χ1n) is 32.9. The number of hydrogen-bond acceptors (Lipinski definition) is 5. The van der Waals surface area contributed by atoms with Crippen molar-refractivity contribution in [3.05, 3.63) is 12.2 Å². The molecule has 0 aliphatic rings. The van der Waals surface area contributed by atoms with E-state index in [9.17, 15) is 19.8 Å². The molecule has 3 N–H and O–H groups in total. The molecule has 0 aliphatic heterocycles. The second-order valence-corrected chi connectivity index (χ2v) is 22.8. The summed E-state index contributed by atoms with van der Waals surface area (Å²) in [6.45, 7) is 4.98. The van der Waals surface area contributed by atoms with Gasteiger partial charge in [0.1, 0.15) is 0 Å². The van der Waals surface area contributed by atoms with Crippen LogP contribution in [0.15, 0.2) is 12.2 Å². The third-order valence-corrected chi connectivity index (χ3v) is 15.6. The SMILES string of the molecule is CCCCCCCC/C=C\CCCCCCCCCC(=O)OCCCCCCCCCCCCCCCCCCCCCCCCC(=O)NC(CO)C(O)CCCCCCCCCCCCCCCCCC. The van der Waals surface area contributed by atoms with E-state index in [2.05, 4.69) is 31.3 Å². The fourth-order valence-corrected chi connectivity index (χ4v) is 10.5. The predicted octanol–water partition coefficient (Wildman–Crippen LogP) is 20.8. The van der Waals surface area contributed by atoms with E-state index in [0.29, 0.717) is 25.9 Å². The standard InChI is InChI=1S/C66H129NO5/c1-3-5-7-9-11-13-15-17-19-27-32-36-40-44-48-52-56-60-66(71)72-61-57-53-49-45-41-37-33-29-26-24-22-21-23-25-28-31-35-39-43-47-51-55-59-65(70)67-63(62-68)64(69)58-54-50-46-42-38-34-30-20-18-16-14-12-10-8-6-4-2/h17,19,63-64,68-69H,3-16,18,20-62H2,1-2H3,(H,67,70)/b19-17-. The maximum atomic E-state index is 12.5. The Labute approximate surface area is 450 Å². The minimum Gasteiger partial charge on any atom is -0.466 e. The van der Waals surface area contributed by atoms with Gasteiger partial charge in [0.15, 0.2) is 0 Å². The third-order valence-electron chi connectivity index (χ3n) is 15.6. The van der Waals surface area contributed by atoms with Crippen molar-refractivity contribution in [2.75, 3.05) is 13.2 Å². The number of hydrogen-bond donors (Lipinski definition) is 3. The number of rotatable bonds is 62. The monoisotopic (exact) mass is 1020 g/mol. The number of carbonyl (C=O) groups excluding carboxylic acids is 2. The molecule has 0 rings (SSSR count). The normalized spacial score (nSPS) is 12.6.